The maximum atomic E-state index is 5.82. The summed E-state index contributed by atoms with van der Waals surface area (Å²) in [6.45, 7) is 3.06. The maximum Gasteiger partial charge on any atom is 0.0764 e. The molecule has 13 heavy (non-hydrogen) atoms. The minimum atomic E-state index is 0.365. The molecule has 0 aliphatic carbocycles. The Morgan fingerprint density at radius 1 is 1.69 bits per heavy atom. The molecule has 4 nitrogen and oxygen atoms in total. The minimum Gasteiger partial charge on any atom is -0.326 e. The summed E-state index contributed by atoms with van der Waals surface area (Å²) in [7, 11) is 1.94. The molecule has 2 rings (SSSR count). The summed E-state index contributed by atoms with van der Waals surface area (Å²) in [4.78, 5) is 2.35. The van der Waals surface area contributed by atoms with Gasteiger partial charge in [0.1, 0.15) is 0 Å². The van der Waals surface area contributed by atoms with Crippen molar-refractivity contribution in [2.45, 2.75) is 19.0 Å². The number of hydrogen-bond donors (Lipinski definition) is 1. The molecule has 2 N–H and O–H groups in total. The Kier molecular flexibility index (Phi) is 2.33. The van der Waals surface area contributed by atoms with Crippen LogP contribution in [0, 0.1) is 0 Å². The van der Waals surface area contributed by atoms with E-state index in [1.807, 2.05) is 17.9 Å². The highest BCUT2D eigenvalue weighted by Crippen LogP contribution is 2.10. The van der Waals surface area contributed by atoms with E-state index in [1.54, 1.807) is 0 Å². The number of aryl methyl sites for hydroxylation is 1. The number of rotatable bonds is 2. The van der Waals surface area contributed by atoms with Crippen LogP contribution in [-0.4, -0.2) is 33.8 Å². The van der Waals surface area contributed by atoms with Gasteiger partial charge in [0.15, 0.2) is 0 Å². The van der Waals surface area contributed by atoms with Crippen LogP contribution in [0.2, 0.25) is 0 Å². The lowest BCUT2D eigenvalue weighted by Gasteiger charge is -2.12. The molecule has 1 atom stereocenters. The van der Waals surface area contributed by atoms with Gasteiger partial charge in [-0.1, -0.05) is 0 Å². The summed E-state index contributed by atoms with van der Waals surface area (Å²) in [6.07, 6.45) is 3.10. The van der Waals surface area contributed by atoms with Crippen molar-refractivity contribution in [1.82, 2.24) is 14.7 Å². The first-order valence-corrected chi connectivity index (χ1v) is 4.70. The second kappa shape index (κ2) is 3.47. The second-order valence-electron chi connectivity index (χ2n) is 3.76. The summed E-state index contributed by atoms with van der Waals surface area (Å²) in [5.74, 6) is 0. The standard InChI is InChI=1S/C9H16N4/c1-12-4-3-9(11-12)7-13-5-2-8(10)6-13/h3-4,8H,2,5-7,10H2,1H3/t8-/m1/s1. The van der Waals surface area contributed by atoms with Crippen molar-refractivity contribution >= 4 is 0 Å². The van der Waals surface area contributed by atoms with E-state index in [1.165, 1.54) is 0 Å². The van der Waals surface area contributed by atoms with Gasteiger partial charge < -0.3 is 5.73 Å². The number of likely N-dealkylation sites (tertiary alicyclic amines) is 1. The highest BCUT2D eigenvalue weighted by atomic mass is 15.3. The summed E-state index contributed by atoms with van der Waals surface area (Å²) in [5.41, 5.74) is 6.95. The smallest absolute Gasteiger partial charge is 0.0764 e. The van der Waals surface area contributed by atoms with Gasteiger partial charge in [-0.2, -0.15) is 5.10 Å². The molecular formula is C9H16N4. The molecule has 0 radical (unpaired) electrons. The zero-order chi connectivity index (χ0) is 9.26. The van der Waals surface area contributed by atoms with E-state index in [9.17, 15) is 0 Å². The quantitative estimate of drug-likeness (QED) is 0.694. The fourth-order valence-electron chi connectivity index (χ4n) is 1.78. The Balaban J connectivity index is 1.91. The highest BCUT2D eigenvalue weighted by molar-refractivity contribution is 4.99. The van der Waals surface area contributed by atoms with Gasteiger partial charge in [0.2, 0.25) is 0 Å². The normalized spacial score (nSPS) is 24.0. The summed E-state index contributed by atoms with van der Waals surface area (Å²) < 4.78 is 1.84. The van der Waals surface area contributed by atoms with Crippen LogP contribution in [0.15, 0.2) is 12.3 Å². The van der Waals surface area contributed by atoms with E-state index < -0.39 is 0 Å². The molecule has 72 valence electrons. The predicted octanol–water partition coefficient (Wildman–Crippen LogP) is -0.0469. The van der Waals surface area contributed by atoms with E-state index in [2.05, 4.69) is 16.1 Å². The van der Waals surface area contributed by atoms with Gasteiger partial charge in [-0.15, -0.1) is 0 Å². The fraction of sp³-hybridized carbons (Fsp3) is 0.667. The largest absolute Gasteiger partial charge is 0.326 e. The summed E-state index contributed by atoms with van der Waals surface area (Å²) >= 11 is 0. The van der Waals surface area contributed by atoms with Gasteiger partial charge >= 0.3 is 0 Å². The van der Waals surface area contributed by atoms with Crippen molar-refractivity contribution in [3.8, 4) is 0 Å². The molecule has 0 aromatic carbocycles. The van der Waals surface area contributed by atoms with Crippen LogP contribution in [-0.2, 0) is 13.6 Å². The topological polar surface area (TPSA) is 47.1 Å². The average molecular weight is 180 g/mol. The monoisotopic (exact) mass is 180 g/mol. The molecule has 1 saturated heterocycles. The third kappa shape index (κ3) is 2.08. The molecule has 0 unspecified atom stereocenters. The number of hydrogen-bond acceptors (Lipinski definition) is 3. The SMILES string of the molecule is Cn1ccc(CN2CC[C@@H](N)C2)n1. The minimum absolute atomic E-state index is 0.365. The van der Waals surface area contributed by atoms with Crippen LogP contribution in [0.5, 0.6) is 0 Å². The van der Waals surface area contributed by atoms with Crippen LogP contribution in [0.25, 0.3) is 0 Å². The van der Waals surface area contributed by atoms with Crippen molar-refractivity contribution in [3.05, 3.63) is 18.0 Å². The first kappa shape index (κ1) is 8.72. The van der Waals surface area contributed by atoms with Crippen molar-refractivity contribution in [1.29, 1.82) is 0 Å². The third-order valence-corrected chi connectivity index (χ3v) is 2.46. The Bertz CT molecular complexity index is 281. The van der Waals surface area contributed by atoms with Crippen LogP contribution < -0.4 is 5.73 Å². The predicted molar refractivity (Wildman–Crippen MR) is 51.1 cm³/mol. The molecule has 1 aliphatic heterocycles. The zero-order valence-corrected chi connectivity index (χ0v) is 7.98. The average Bonchev–Trinajstić information content (AvgIpc) is 2.62. The maximum absolute atomic E-state index is 5.82. The van der Waals surface area contributed by atoms with Crippen molar-refractivity contribution in [3.63, 3.8) is 0 Å². The second-order valence-corrected chi connectivity index (χ2v) is 3.76. The van der Waals surface area contributed by atoms with Crippen molar-refractivity contribution < 1.29 is 0 Å². The molecular weight excluding hydrogens is 164 g/mol. The molecule has 0 saturated carbocycles. The Hall–Kier alpha value is -0.870. The Labute approximate surface area is 78.3 Å². The molecule has 0 bridgehead atoms. The number of nitrogens with two attached hydrogens (primary N) is 1. The highest BCUT2D eigenvalue weighted by Gasteiger charge is 2.19. The first-order valence-electron chi connectivity index (χ1n) is 4.70. The van der Waals surface area contributed by atoms with Crippen LogP contribution in [0.1, 0.15) is 12.1 Å². The third-order valence-electron chi connectivity index (χ3n) is 2.46. The van der Waals surface area contributed by atoms with Gasteiger partial charge in [-0.3, -0.25) is 9.58 Å². The first-order chi connectivity index (χ1) is 6.24. The van der Waals surface area contributed by atoms with Crippen LogP contribution in [0.4, 0.5) is 0 Å². The Morgan fingerprint density at radius 2 is 2.54 bits per heavy atom. The molecule has 0 amide bonds. The zero-order valence-electron chi connectivity index (χ0n) is 7.98. The molecule has 1 aliphatic rings. The van der Waals surface area contributed by atoms with Crippen LogP contribution >= 0.6 is 0 Å². The molecule has 1 aromatic heterocycles. The number of nitrogens with zero attached hydrogens (tertiary/aromatic N) is 3. The van der Waals surface area contributed by atoms with Gasteiger partial charge in [0.25, 0.3) is 0 Å². The molecule has 0 spiro atoms. The van der Waals surface area contributed by atoms with Crippen LogP contribution in [0.3, 0.4) is 0 Å². The van der Waals surface area contributed by atoms with Gasteiger partial charge in [0.05, 0.1) is 5.69 Å². The molecule has 4 heteroatoms. The summed E-state index contributed by atoms with van der Waals surface area (Å²) in [5, 5.41) is 4.33. The Morgan fingerprint density at radius 3 is 3.08 bits per heavy atom. The van der Waals surface area contributed by atoms with E-state index in [0.717, 1.165) is 31.7 Å². The van der Waals surface area contributed by atoms with Gasteiger partial charge in [-0.25, -0.2) is 0 Å². The number of aromatic nitrogens is 2. The van der Waals surface area contributed by atoms with Crippen molar-refractivity contribution in [2.24, 2.45) is 12.8 Å². The lowest BCUT2D eigenvalue weighted by Crippen LogP contribution is -2.26. The van der Waals surface area contributed by atoms with E-state index in [0.29, 0.717) is 6.04 Å². The van der Waals surface area contributed by atoms with E-state index in [-0.39, 0.29) is 0 Å². The van der Waals surface area contributed by atoms with Gasteiger partial charge in [-0.05, 0) is 12.5 Å². The van der Waals surface area contributed by atoms with E-state index in [4.69, 9.17) is 5.73 Å². The lowest BCUT2D eigenvalue weighted by molar-refractivity contribution is 0.321. The van der Waals surface area contributed by atoms with Gasteiger partial charge in [0, 0.05) is 38.9 Å². The fourth-order valence-corrected chi connectivity index (χ4v) is 1.78. The molecule has 1 fully saturated rings. The molecule has 1 aromatic rings. The van der Waals surface area contributed by atoms with Crippen molar-refractivity contribution in [2.75, 3.05) is 13.1 Å². The summed E-state index contributed by atoms with van der Waals surface area (Å²) in [6, 6.07) is 2.42. The molecule has 2 heterocycles. The van der Waals surface area contributed by atoms with E-state index >= 15 is 0 Å². The lowest BCUT2D eigenvalue weighted by atomic mass is 10.3.